The largest absolute Gasteiger partial charge is 0.375 e. The van der Waals surface area contributed by atoms with Crippen molar-refractivity contribution in [3.63, 3.8) is 0 Å². The number of carbonyl (C=O) groups is 1. The second-order valence-electron chi connectivity index (χ2n) is 8.08. The Hall–Kier alpha value is -2.50. The first-order valence-corrected chi connectivity index (χ1v) is 12.0. The van der Waals surface area contributed by atoms with Gasteiger partial charge in [0.2, 0.25) is 5.91 Å². The number of halogens is 1. The minimum Gasteiger partial charge on any atom is -0.375 e. The van der Waals surface area contributed by atoms with E-state index in [2.05, 4.69) is 61.9 Å². The van der Waals surface area contributed by atoms with E-state index in [0.29, 0.717) is 5.11 Å². The molecular formula is C24H26IN5O2S. The van der Waals surface area contributed by atoms with Crippen LogP contribution in [0.5, 0.6) is 0 Å². The molecular weight excluding hydrogens is 549 g/mol. The Bertz CT molecular complexity index is 1200. The number of aromatic nitrogens is 2. The summed E-state index contributed by atoms with van der Waals surface area (Å²) >= 11 is 8.24. The fraction of sp³-hybridized carbons (Fsp3) is 0.292. The third-order valence-corrected chi connectivity index (χ3v) is 7.48. The molecule has 2 aromatic heterocycles. The summed E-state index contributed by atoms with van der Waals surface area (Å²) in [6, 6.07) is 11.7. The molecule has 0 bridgehead atoms. The predicted octanol–water partition coefficient (Wildman–Crippen LogP) is 4.70. The molecule has 33 heavy (non-hydrogen) atoms. The van der Waals surface area contributed by atoms with Crippen molar-refractivity contribution >= 4 is 57.2 Å². The van der Waals surface area contributed by atoms with Gasteiger partial charge in [-0.25, -0.2) is 0 Å². The molecule has 1 aliphatic rings. The number of carbonyl (C=O) groups excluding carboxylic acids is 1. The lowest BCUT2D eigenvalue weighted by Gasteiger charge is -2.29. The molecule has 0 saturated carbocycles. The number of aromatic amines is 1. The fourth-order valence-electron chi connectivity index (χ4n) is 4.30. The monoisotopic (exact) mass is 575 g/mol. The number of pyridine rings is 1. The third kappa shape index (κ3) is 4.62. The number of amides is 1. The number of nitrogens with zero attached hydrogens (tertiary/aromatic N) is 2. The van der Waals surface area contributed by atoms with Crippen molar-refractivity contribution < 1.29 is 9.53 Å². The van der Waals surface area contributed by atoms with E-state index in [-0.39, 0.29) is 24.6 Å². The van der Waals surface area contributed by atoms with Crippen molar-refractivity contribution in [3.8, 4) is 0 Å². The molecule has 1 amide bonds. The minimum absolute atomic E-state index is 0.0136. The lowest BCUT2D eigenvalue weighted by Crippen LogP contribution is -2.30. The summed E-state index contributed by atoms with van der Waals surface area (Å²) in [5.41, 5.74) is 7.02. The second-order valence-corrected chi connectivity index (χ2v) is 9.55. The maximum atomic E-state index is 12.0. The first-order valence-electron chi connectivity index (χ1n) is 10.6. The summed E-state index contributed by atoms with van der Waals surface area (Å²) in [6.07, 6.45) is 1.81. The zero-order valence-corrected chi connectivity index (χ0v) is 21.9. The van der Waals surface area contributed by atoms with Crippen LogP contribution in [0.2, 0.25) is 0 Å². The van der Waals surface area contributed by atoms with E-state index in [1.807, 2.05) is 49.5 Å². The molecule has 1 fully saturated rings. The van der Waals surface area contributed by atoms with Gasteiger partial charge in [-0.15, -0.1) is 0 Å². The maximum Gasteiger partial charge on any atom is 0.250 e. The number of thiocarbonyl (C=S) groups is 1. The lowest BCUT2D eigenvalue weighted by atomic mass is 9.96. The van der Waals surface area contributed by atoms with Gasteiger partial charge in [0.15, 0.2) is 5.11 Å². The van der Waals surface area contributed by atoms with Crippen LogP contribution in [0.1, 0.15) is 40.3 Å². The number of rotatable bonds is 6. The number of hydrogen-bond donors (Lipinski definition) is 3. The Kier molecular flexibility index (Phi) is 7.01. The van der Waals surface area contributed by atoms with Crippen molar-refractivity contribution in [2.24, 2.45) is 0 Å². The highest BCUT2D eigenvalue weighted by Gasteiger charge is 2.43. The van der Waals surface area contributed by atoms with Gasteiger partial charge in [0.1, 0.15) is 6.61 Å². The van der Waals surface area contributed by atoms with Crippen LogP contribution in [-0.4, -0.2) is 34.7 Å². The summed E-state index contributed by atoms with van der Waals surface area (Å²) < 4.78 is 6.11. The number of nitrogens with one attached hydrogen (secondary N) is 3. The molecule has 1 aliphatic heterocycles. The van der Waals surface area contributed by atoms with Crippen LogP contribution in [0.25, 0.3) is 0 Å². The predicted molar refractivity (Wildman–Crippen MR) is 143 cm³/mol. The average Bonchev–Trinajstić information content (AvgIpc) is 3.25. The molecule has 0 unspecified atom stereocenters. The Balaban J connectivity index is 1.78. The number of aryl methyl sites for hydroxylation is 3. The Morgan fingerprint density at radius 1 is 1.24 bits per heavy atom. The first-order chi connectivity index (χ1) is 15.8. The van der Waals surface area contributed by atoms with E-state index in [9.17, 15) is 4.79 Å². The SMILES string of the molecule is COCC(=O)Nc1ccc(N2C(=S)N[C@H](c3ccccn3)[C@@H]2c2c(C)[nH]c(C)c2I)cc1C. The van der Waals surface area contributed by atoms with Crippen LogP contribution in [-0.2, 0) is 9.53 Å². The highest BCUT2D eigenvalue weighted by Crippen LogP contribution is 2.45. The molecule has 172 valence electrons. The molecule has 0 aliphatic carbocycles. The number of ether oxygens (including phenoxy) is 1. The Morgan fingerprint density at radius 2 is 2.03 bits per heavy atom. The van der Waals surface area contributed by atoms with E-state index in [4.69, 9.17) is 17.0 Å². The number of H-pyrrole nitrogens is 1. The molecule has 7 nitrogen and oxygen atoms in total. The summed E-state index contributed by atoms with van der Waals surface area (Å²) in [7, 11) is 1.50. The molecule has 9 heteroatoms. The minimum atomic E-state index is -0.187. The molecule has 3 heterocycles. The summed E-state index contributed by atoms with van der Waals surface area (Å²) in [4.78, 5) is 22.2. The second kappa shape index (κ2) is 9.78. The van der Waals surface area contributed by atoms with Crippen molar-refractivity contribution in [2.75, 3.05) is 23.9 Å². The highest BCUT2D eigenvalue weighted by atomic mass is 127. The summed E-state index contributed by atoms with van der Waals surface area (Å²) in [6.45, 7) is 6.17. The van der Waals surface area contributed by atoms with Crippen LogP contribution in [0.15, 0.2) is 42.6 Å². The zero-order valence-electron chi connectivity index (χ0n) is 18.9. The Morgan fingerprint density at radius 3 is 2.64 bits per heavy atom. The topological polar surface area (TPSA) is 82.3 Å². The van der Waals surface area contributed by atoms with E-state index in [0.717, 1.165) is 34.0 Å². The number of benzene rings is 1. The van der Waals surface area contributed by atoms with Crippen LogP contribution in [0, 0.1) is 24.3 Å². The molecule has 2 atom stereocenters. The standard InChI is InChI=1S/C24H26IN5O2S/c1-13-11-16(8-9-17(13)28-19(31)12-32-4)30-23(20-14(2)27-15(3)21(20)25)22(29-24(30)33)18-7-5-6-10-26-18/h5-11,22-23,27H,12H2,1-4H3,(H,28,31)(H,29,33)/t22-,23+/m1/s1. The van der Waals surface area contributed by atoms with Gasteiger partial charge in [-0.2, -0.15) is 0 Å². The van der Waals surface area contributed by atoms with E-state index in [1.165, 1.54) is 16.2 Å². The highest BCUT2D eigenvalue weighted by molar-refractivity contribution is 14.1. The molecule has 4 rings (SSSR count). The van der Waals surface area contributed by atoms with Crippen LogP contribution in [0.3, 0.4) is 0 Å². The Labute approximate surface area is 212 Å². The first kappa shape index (κ1) is 23.7. The van der Waals surface area contributed by atoms with Crippen molar-refractivity contribution in [3.05, 3.63) is 74.4 Å². The van der Waals surface area contributed by atoms with Gasteiger partial charge < -0.3 is 25.3 Å². The smallest absolute Gasteiger partial charge is 0.250 e. The van der Waals surface area contributed by atoms with Gasteiger partial charge >= 0.3 is 0 Å². The lowest BCUT2D eigenvalue weighted by molar-refractivity contribution is -0.119. The fourth-order valence-corrected chi connectivity index (χ4v) is 5.51. The average molecular weight is 575 g/mol. The van der Waals surface area contributed by atoms with Gasteiger partial charge in [-0.1, -0.05) is 6.07 Å². The quantitative estimate of drug-likeness (QED) is 0.292. The molecule has 3 aromatic rings. The molecule has 1 saturated heterocycles. The maximum absolute atomic E-state index is 12.0. The molecule has 0 spiro atoms. The van der Waals surface area contributed by atoms with Crippen molar-refractivity contribution in [1.29, 1.82) is 0 Å². The molecule has 3 N–H and O–H groups in total. The zero-order chi connectivity index (χ0) is 23.7. The van der Waals surface area contributed by atoms with Crippen LogP contribution < -0.4 is 15.5 Å². The van der Waals surface area contributed by atoms with Gasteiger partial charge in [0.05, 0.1) is 17.8 Å². The van der Waals surface area contributed by atoms with Gasteiger partial charge in [0, 0.05) is 45.2 Å². The van der Waals surface area contributed by atoms with E-state index in [1.54, 1.807) is 0 Å². The van der Waals surface area contributed by atoms with Gasteiger partial charge in [-0.3, -0.25) is 9.78 Å². The van der Waals surface area contributed by atoms with Crippen molar-refractivity contribution in [1.82, 2.24) is 15.3 Å². The van der Waals surface area contributed by atoms with Crippen LogP contribution >= 0.6 is 34.8 Å². The number of methoxy groups -OCH3 is 1. The van der Waals surface area contributed by atoms with E-state index >= 15 is 0 Å². The van der Waals surface area contributed by atoms with Crippen LogP contribution in [0.4, 0.5) is 11.4 Å². The van der Waals surface area contributed by atoms with Crippen molar-refractivity contribution in [2.45, 2.75) is 32.9 Å². The van der Waals surface area contributed by atoms with Gasteiger partial charge in [-0.05, 0) is 91.5 Å². The normalized spacial score (nSPS) is 17.8. The number of anilines is 2. The van der Waals surface area contributed by atoms with E-state index < -0.39 is 0 Å². The molecule has 0 radical (unpaired) electrons. The summed E-state index contributed by atoms with van der Waals surface area (Å²) in [5.74, 6) is -0.187. The summed E-state index contributed by atoms with van der Waals surface area (Å²) in [5, 5.41) is 7.04. The number of hydrogen-bond acceptors (Lipinski definition) is 4. The van der Waals surface area contributed by atoms with Gasteiger partial charge in [0.25, 0.3) is 0 Å². The third-order valence-electron chi connectivity index (χ3n) is 5.78. The molecule has 1 aromatic carbocycles.